The van der Waals surface area contributed by atoms with Crippen molar-refractivity contribution in [2.45, 2.75) is 6.42 Å². The van der Waals surface area contributed by atoms with Crippen LogP contribution < -0.4 is 16.4 Å². The number of nitrogen functional groups attached to an aromatic ring is 1. The molecule has 1 aromatic carbocycles. The van der Waals surface area contributed by atoms with E-state index < -0.39 is 5.91 Å². The molecule has 0 radical (unpaired) electrons. The average Bonchev–Trinajstić information content (AvgIpc) is 2.88. The van der Waals surface area contributed by atoms with Crippen LogP contribution in [0.3, 0.4) is 0 Å². The topological polar surface area (TPSA) is 72.3 Å². The molecule has 19 heavy (non-hydrogen) atoms. The number of nitrogens with zero attached hydrogens (tertiary/aromatic N) is 1. The van der Waals surface area contributed by atoms with Gasteiger partial charge in [0.2, 0.25) is 0 Å². The van der Waals surface area contributed by atoms with Gasteiger partial charge in [-0.05, 0) is 36.1 Å². The van der Waals surface area contributed by atoms with Crippen LogP contribution in [0.25, 0.3) is 0 Å². The van der Waals surface area contributed by atoms with Crippen molar-refractivity contribution in [1.29, 1.82) is 0 Å². The molecule has 2 rings (SSSR count). The average molecular weight is 275 g/mol. The smallest absolute Gasteiger partial charge is 0.250 e. The van der Waals surface area contributed by atoms with E-state index in [4.69, 9.17) is 11.5 Å². The Morgan fingerprint density at radius 3 is 2.79 bits per heavy atom. The van der Waals surface area contributed by atoms with E-state index in [1.165, 1.54) is 4.88 Å². The summed E-state index contributed by atoms with van der Waals surface area (Å²) in [5.41, 5.74) is 12.9. The van der Waals surface area contributed by atoms with Gasteiger partial charge in [0.25, 0.3) is 5.91 Å². The number of primary amides is 1. The van der Waals surface area contributed by atoms with E-state index in [1.54, 1.807) is 23.5 Å². The first kappa shape index (κ1) is 13.4. The molecule has 4 N–H and O–H groups in total. The van der Waals surface area contributed by atoms with Crippen LogP contribution in [0.5, 0.6) is 0 Å². The molecule has 1 amide bonds. The molecule has 0 saturated carbocycles. The highest BCUT2D eigenvalue weighted by Crippen LogP contribution is 2.22. The van der Waals surface area contributed by atoms with Crippen LogP contribution >= 0.6 is 11.3 Å². The molecule has 0 fully saturated rings. The summed E-state index contributed by atoms with van der Waals surface area (Å²) in [6.45, 7) is 0.824. The molecule has 0 spiro atoms. The molecule has 0 aliphatic rings. The number of hydrogen-bond donors (Lipinski definition) is 2. The van der Waals surface area contributed by atoms with Crippen LogP contribution in [0.1, 0.15) is 15.2 Å². The molecule has 1 aromatic heterocycles. The summed E-state index contributed by atoms with van der Waals surface area (Å²) in [5.74, 6) is -0.453. The number of likely N-dealkylation sites (N-methyl/N-ethyl adjacent to an activating group) is 1. The van der Waals surface area contributed by atoms with Gasteiger partial charge in [-0.25, -0.2) is 0 Å². The SMILES string of the molecule is CN(CCc1cccs1)c1ccc(N)cc1C(N)=O. The number of amides is 1. The Hall–Kier alpha value is -2.01. The first-order chi connectivity index (χ1) is 9.08. The molecule has 0 aliphatic carbocycles. The summed E-state index contributed by atoms with van der Waals surface area (Å²) in [4.78, 5) is 14.8. The number of benzene rings is 1. The number of carbonyl (C=O) groups excluding carboxylic acids is 1. The second-order valence-corrected chi connectivity index (χ2v) is 5.42. The lowest BCUT2D eigenvalue weighted by atomic mass is 10.1. The molecule has 5 heteroatoms. The molecule has 0 bridgehead atoms. The van der Waals surface area contributed by atoms with Crippen molar-refractivity contribution in [3.05, 3.63) is 46.2 Å². The van der Waals surface area contributed by atoms with E-state index in [9.17, 15) is 4.79 Å². The zero-order valence-electron chi connectivity index (χ0n) is 10.8. The van der Waals surface area contributed by atoms with Gasteiger partial charge < -0.3 is 16.4 Å². The Kier molecular flexibility index (Phi) is 4.06. The van der Waals surface area contributed by atoms with Gasteiger partial charge in [-0.15, -0.1) is 11.3 Å². The van der Waals surface area contributed by atoms with Crippen LogP contribution in [0.15, 0.2) is 35.7 Å². The minimum atomic E-state index is -0.453. The predicted octanol–water partition coefficient (Wildman–Crippen LogP) is 2.11. The van der Waals surface area contributed by atoms with E-state index in [-0.39, 0.29) is 0 Å². The highest BCUT2D eigenvalue weighted by Gasteiger charge is 2.12. The maximum absolute atomic E-state index is 11.5. The van der Waals surface area contributed by atoms with Crippen molar-refractivity contribution in [1.82, 2.24) is 0 Å². The maximum Gasteiger partial charge on any atom is 0.250 e. The van der Waals surface area contributed by atoms with Gasteiger partial charge in [0.1, 0.15) is 0 Å². The third-order valence-electron chi connectivity index (χ3n) is 2.97. The zero-order valence-corrected chi connectivity index (χ0v) is 11.6. The Morgan fingerprint density at radius 2 is 2.16 bits per heavy atom. The van der Waals surface area contributed by atoms with Gasteiger partial charge in [-0.1, -0.05) is 6.07 Å². The van der Waals surface area contributed by atoms with Crippen LogP contribution in [0, 0.1) is 0 Å². The largest absolute Gasteiger partial charge is 0.399 e. The minimum Gasteiger partial charge on any atom is -0.399 e. The lowest BCUT2D eigenvalue weighted by Gasteiger charge is -2.21. The fourth-order valence-electron chi connectivity index (χ4n) is 1.94. The standard InChI is InChI=1S/C14H17N3OS/c1-17(7-6-11-3-2-8-19-11)13-5-4-10(15)9-12(13)14(16)18/h2-5,8-9H,6-7,15H2,1H3,(H2,16,18). The van der Waals surface area contributed by atoms with E-state index in [0.717, 1.165) is 18.7 Å². The van der Waals surface area contributed by atoms with Crippen molar-refractivity contribution in [3.8, 4) is 0 Å². The van der Waals surface area contributed by atoms with Crippen molar-refractivity contribution < 1.29 is 4.79 Å². The molecule has 0 unspecified atom stereocenters. The van der Waals surface area contributed by atoms with Crippen LogP contribution in [0.2, 0.25) is 0 Å². The zero-order chi connectivity index (χ0) is 13.8. The molecule has 0 saturated heterocycles. The third-order valence-corrected chi connectivity index (χ3v) is 3.91. The molecule has 0 aliphatic heterocycles. The fraction of sp³-hybridized carbons (Fsp3) is 0.214. The summed E-state index contributed by atoms with van der Waals surface area (Å²) in [5, 5.41) is 2.06. The van der Waals surface area contributed by atoms with E-state index in [0.29, 0.717) is 11.3 Å². The normalized spacial score (nSPS) is 10.4. The summed E-state index contributed by atoms with van der Waals surface area (Å²) in [7, 11) is 1.95. The quantitative estimate of drug-likeness (QED) is 0.821. The number of hydrogen-bond acceptors (Lipinski definition) is 4. The monoisotopic (exact) mass is 275 g/mol. The number of nitrogens with two attached hydrogens (primary N) is 2. The van der Waals surface area contributed by atoms with Crippen LogP contribution in [-0.4, -0.2) is 19.5 Å². The predicted molar refractivity (Wildman–Crippen MR) is 80.7 cm³/mol. The molecule has 2 aromatic rings. The summed E-state index contributed by atoms with van der Waals surface area (Å²) in [6, 6.07) is 9.39. The van der Waals surface area contributed by atoms with Crippen molar-refractivity contribution in [2.24, 2.45) is 5.73 Å². The second-order valence-electron chi connectivity index (χ2n) is 4.39. The first-order valence-electron chi connectivity index (χ1n) is 6.01. The van der Waals surface area contributed by atoms with Gasteiger partial charge >= 0.3 is 0 Å². The molecule has 100 valence electrons. The minimum absolute atomic E-state index is 0.453. The lowest BCUT2D eigenvalue weighted by molar-refractivity contribution is 0.100. The first-order valence-corrected chi connectivity index (χ1v) is 6.88. The van der Waals surface area contributed by atoms with Gasteiger partial charge in [0.15, 0.2) is 0 Å². The van der Waals surface area contributed by atoms with E-state index >= 15 is 0 Å². The number of thiophene rings is 1. The number of rotatable bonds is 5. The highest BCUT2D eigenvalue weighted by atomic mass is 32.1. The number of anilines is 2. The van der Waals surface area contributed by atoms with Crippen LogP contribution in [-0.2, 0) is 6.42 Å². The molecular formula is C14H17N3OS. The molecule has 4 nitrogen and oxygen atoms in total. The van der Waals surface area contributed by atoms with Crippen molar-refractivity contribution in [3.63, 3.8) is 0 Å². The summed E-state index contributed by atoms with van der Waals surface area (Å²) < 4.78 is 0. The Morgan fingerprint density at radius 1 is 1.37 bits per heavy atom. The van der Waals surface area contributed by atoms with Gasteiger partial charge in [-0.3, -0.25) is 4.79 Å². The second kappa shape index (κ2) is 5.75. The summed E-state index contributed by atoms with van der Waals surface area (Å²) >= 11 is 1.73. The Balaban J connectivity index is 2.14. The van der Waals surface area contributed by atoms with Gasteiger partial charge in [-0.2, -0.15) is 0 Å². The van der Waals surface area contributed by atoms with Crippen molar-refractivity contribution >= 4 is 28.6 Å². The van der Waals surface area contributed by atoms with E-state index in [2.05, 4.69) is 11.4 Å². The van der Waals surface area contributed by atoms with Crippen molar-refractivity contribution in [2.75, 3.05) is 24.2 Å². The van der Waals surface area contributed by atoms with Gasteiger partial charge in [0, 0.05) is 29.8 Å². The third kappa shape index (κ3) is 3.26. The van der Waals surface area contributed by atoms with Crippen LogP contribution in [0.4, 0.5) is 11.4 Å². The molecule has 1 heterocycles. The van der Waals surface area contributed by atoms with E-state index in [1.807, 2.05) is 24.1 Å². The Labute approximate surface area is 116 Å². The fourth-order valence-corrected chi connectivity index (χ4v) is 2.64. The number of carbonyl (C=O) groups is 1. The maximum atomic E-state index is 11.5. The summed E-state index contributed by atoms with van der Waals surface area (Å²) in [6.07, 6.45) is 0.941. The lowest BCUT2D eigenvalue weighted by Crippen LogP contribution is -2.24. The molecular weight excluding hydrogens is 258 g/mol. The Bertz CT molecular complexity index is 566. The molecule has 0 atom stereocenters. The van der Waals surface area contributed by atoms with Gasteiger partial charge in [0.05, 0.1) is 5.56 Å². The highest BCUT2D eigenvalue weighted by molar-refractivity contribution is 7.09.